The lowest BCUT2D eigenvalue weighted by atomic mass is 9.82. The summed E-state index contributed by atoms with van der Waals surface area (Å²) < 4.78 is 23.8. The van der Waals surface area contributed by atoms with Crippen molar-refractivity contribution in [1.29, 1.82) is 0 Å². The molecule has 0 saturated carbocycles. The van der Waals surface area contributed by atoms with Crippen molar-refractivity contribution in [2.24, 2.45) is 0 Å². The Kier molecular flexibility index (Phi) is 7.13. The van der Waals surface area contributed by atoms with Gasteiger partial charge in [0.1, 0.15) is 9.84 Å². The molecule has 0 radical (unpaired) electrons. The summed E-state index contributed by atoms with van der Waals surface area (Å²) in [5, 5.41) is 0.630. The molecule has 0 heterocycles. The van der Waals surface area contributed by atoms with Crippen LogP contribution < -0.4 is 0 Å². The maximum absolute atomic E-state index is 11.9. The molecule has 2 nitrogen and oxygen atoms in total. The van der Waals surface area contributed by atoms with E-state index in [-0.39, 0.29) is 23.3 Å². The third-order valence-corrected chi connectivity index (χ3v) is 6.51. The van der Waals surface area contributed by atoms with Gasteiger partial charge in [0.15, 0.2) is 0 Å². The van der Waals surface area contributed by atoms with E-state index in [2.05, 4.69) is 0 Å². The van der Waals surface area contributed by atoms with E-state index in [0.717, 1.165) is 5.56 Å². The minimum absolute atomic E-state index is 0.100. The molecule has 1 aromatic carbocycles. The molecule has 20 heavy (non-hydrogen) atoms. The average molecular weight is 358 g/mol. The number of alkyl halides is 2. The van der Waals surface area contributed by atoms with E-state index in [9.17, 15) is 8.42 Å². The number of rotatable bonds is 8. The molecular formula is C14H19Cl3O2S. The first-order valence-electron chi connectivity index (χ1n) is 6.47. The second-order valence-electron chi connectivity index (χ2n) is 4.96. The summed E-state index contributed by atoms with van der Waals surface area (Å²) in [6.07, 6.45) is 1.04. The van der Waals surface area contributed by atoms with Crippen molar-refractivity contribution in [2.75, 3.05) is 23.3 Å². The highest BCUT2D eigenvalue weighted by molar-refractivity contribution is 7.91. The molecule has 0 aliphatic heterocycles. The first kappa shape index (κ1) is 18.1. The Morgan fingerprint density at radius 3 is 2.05 bits per heavy atom. The summed E-state index contributed by atoms with van der Waals surface area (Å²) in [6.45, 7) is 1.85. The zero-order valence-electron chi connectivity index (χ0n) is 11.4. The van der Waals surface area contributed by atoms with Gasteiger partial charge in [-0.05, 0) is 30.5 Å². The fraction of sp³-hybridized carbons (Fsp3) is 0.571. The lowest BCUT2D eigenvalue weighted by molar-refractivity contribution is 0.511. The first-order chi connectivity index (χ1) is 9.39. The minimum Gasteiger partial charge on any atom is -0.229 e. The van der Waals surface area contributed by atoms with E-state index in [4.69, 9.17) is 34.8 Å². The standard InChI is InChI=1S/C14H19Cl3O2S/c1-2-8-20(18,19)9-7-14(10-15,11-16)12-3-5-13(17)6-4-12/h3-6H,2,7-11H2,1H3. The lowest BCUT2D eigenvalue weighted by Gasteiger charge is -2.30. The van der Waals surface area contributed by atoms with Gasteiger partial charge in [0.2, 0.25) is 0 Å². The van der Waals surface area contributed by atoms with Crippen LogP contribution in [0.15, 0.2) is 24.3 Å². The molecule has 1 rings (SSSR count). The first-order valence-corrected chi connectivity index (χ1v) is 9.74. The topological polar surface area (TPSA) is 34.1 Å². The van der Waals surface area contributed by atoms with Gasteiger partial charge >= 0.3 is 0 Å². The number of sulfone groups is 1. The maximum Gasteiger partial charge on any atom is 0.150 e. The molecular weight excluding hydrogens is 339 g/mol. The molecule has 0 unspecified atom stereocenters. The average Bonchev–Trinajstić information content (AvgIpc) is 2.42. The SMILES string of the molecule is CCCS(=O)(=O)CCC(CCl)(CCl)c1ccc(Cl)cc1. The van der Waals surface area contributed by atoms with Crippen LogP contribution >= 0.6 is 34.8 Å². The van der Waals surface area contributed by atoms with E-state index in [0.29, 0.717) is 17.9 Å². The number of benzene rings is 1. The van der Waals surface area contributed by atoms with E-state index >= 15 is 0 Å². The van der Waals surface area contributed by atoms with E-state index < -0.39 is 15.3 Å². The van der Waals surface area contributed by atoms with Gasteiger partial charge in [-0.3, -0.25) is 0 Å². The molecule has 0 aliphatic carbocycles. The van der Waals surface area contributed by atoms with Crippen molar-refractivity contribution in [3.63, 3.8) is 0 Å². The van der Waals surface area contributed by atoms with E-state index in [1.54, 1.807) is 12.1 Å². The summed E-state index contributed by atoms with van der Waals surface area (Å²) in [6, 6.07) is 7.26. The molecule has 0 amide bonds. The van der Waals surface area contributed by atoms with Crippen molar-refractivity contribution in [1.82, 2.24) is 0 Å². The van der Waals surface area contributed by atoms with Crippen LogP contribution in [0, 0.1) is 0 Å². The Labute approximate surface area is 136 Å². The Balaban J connectivity index is 2.95. The minimum atomic E-state index is -3.04. The number of halogens is 3. The quantitative estimate of drug-likeness (QED) is 0.651. The van der Waals surface area contributed by atoms with Crippen molar-refractivity contribution in [2.45, 2.75) is 25.2 Å². The van der Waals surface area contributed by atoms with Gasteiger partial charge in [0.05, 0.1) is 5.75 Å². The van der Waals surface area contributed by atoms with Crippen molar-refractivity contribution < 1.29 is 8.42 Å². The van der Waals surface area contributed by atoms with E-state index in [1.807, 2.05) is 19.1 Å². The molecule has 0 spiro atoms. The van der Waals surface area contributed by atoms with Gasteiger partial charge in [-0.25, -0.2) is 8.42 Å². The zero-order chi connectivity index (χ0) is 15.2. The lowest BCUT2D eigenvalue weighted by Crippen LogP contribution is -2.33. The van der Waals surface area contributed by atoms with Gasteiger partial charge in [-0.15, -0.1) is 23.2 Å². The molecule has 0 aliphatic rings. The maximum atomic E-state index is 11.9. The zero-order valence-corrected chi connectivity index (χ0v) is 14.5. The van der Waals surface area contributed by atoms with Crippen LogP contribution in [0.25, 0.3) is 0 Å². The molecule has 0 aromatic heterocycles. The molecule has 114 valence electrons. The Bertz CT molecular complexity index is 508. The fourth-order valence-corrected chi connectivity index (χ4v) is 4.55. The largest absolute Gasteiger partial charge is 0.229 e. The highest BCUT2D eigenvalue weighted by Crippen LogP contribution is 2.32. The van der Waals surface area contributed by atoms with Crippen LogP contribution in [0.1, 0.15) is 25.3 Å². The molecule has 0 bridgehead atoms. The fourth-order valence-electron chi connectivity index (χ4n) is 2.04. The van der Waals surface area contributed by atoms with Gasteiger partial charge in [-0.1, -0.05) is 30.7 Å². The second-order valence-corrected chi connectivity index (χ2v) is 8.23. The molecule has 0 fully saturated rings. The molecule has 1 aromatic rings. The summed E-state index contributed by atoms with van der Waals surface area (Å²) in [4.78, 5) is 0. The van der Waals surface area contributed by atoms with Gasteiger partial charge in [0, 0.05) is 28.0 Å². The van der Waals surface area contributed by atoms with Crippen LogP contribution in [0.3, 0.4) is 0 Å². The third-order valence-electron chi connectivity index (χ3n) is 3.37. The summed E-state index contributed by atoms with van der Waals surface area (Å²) in [5.41, 5.74) is 0.396. The summed E-state index contributed by atoms with van der Waals surface area (Å²) >= 11 is 18.1. The van der Waals surface area contributed by atoms with Crippen LogP contribution in [0.5, 0.6) is 0 Å². The molecule has 0 saturated heterocycles. The van der Waals surface area contributed by atoms with Gasteiger partial charge in [-0.2, -0.15) is 0 Å². The summed E-state index contributed by atoms with van der Waals surface area (Å²) in [5.74, 6) is 0.858. The molecule has 6 heteroatoms. The van der Waals surface area contributed by atoms with Crippen LogP contribution in [-0.2, 0) is 15.3 Å². The highest BCUT2D eigenvalue weighted by Gasteiger charge is 2.32. The van der Waals surface area contributed by atoms with Crippen LogP contribution in [0.2, 0.25) is 5.02 Å². The molecule has 0 atom stereocenters. The van der Waals surface area contributed by atoms with Crippen molar-refractivity contribution in [3.05, 3.63) is 34.9 Å². The Hall–Kier alpha value is 0.0400. The smallest absolute Gasteiger partial charge is 0.150 e. The Morgan fingerprint density at radius 1 is 1.05 bits per heavy atom. The highest BCUT2D eigenvalue weighted by atomic mass is 35.5. The predicted octanol–water partition coefficient (Wildman–Crippen LogP) is 4.27. The monoisotopic (exact) mass is 356 g/mol. The Morgan fingerprint density at radius 2 is 1.60 bits per heavy atom. The van der Waals surface area contributed by atoms with Gasteiger partial charge < -0.3 is 0 Å². The van der Waals surface area contributed by atoms with Crippen molar-refractivity contribution in [3.8, 4) is 0 Å². The van der Waals surface area contributed by atoms with Crippen molar-refractivity contribution >= 4 is 44.6 Å². The predicted molar refractivity (Wildman–Crippen MR) is 88.1 cm³/mol. The second kappa shape index (κ2) is 7.88. The van der Waals surface area contributed by atoms with Gasteiger partial charge in [0.25, 0.3) is 0 Å². The number of hydrogen-bond acceptors (Lipinski definition) is 2. The van der Waals surface area contributed by atoms with E-state index in [1.165, 1.54) is 0 Å². The van der Waals surface area contributed by atoms with Crippen LogP contribution in [0.4, 0.5) is 0 Å². The number of hydrogen-bond donors (Lipinski definition) is 0. The normalized spacial score (nSPS) is 12.6. The van der Waals surface area contributed by atoms with Crippen LogP contribution in [-0.4, -0.2) is 31.7 Å². The summed E-state index contributed by atoms with van der Waals surface area (Å²) in [7, 11) is -3.04. The molecule has 0 N–H and O–H groups in total. The third kappa shape index (κ3) is 4.80.